The molecule has 6 nitrogen and oxygen atoms in total. The number of hydrogen-bond donors (Lipinski definition) is 1. The zero-order valence-electron chi connectivity index (χ0n) is 13.8. The lowest BCUT2D eigenvalue weighted by Gasteiger charge is -2.19. The van der Waals surface area contributed by atoms with Crippen LogP contribution in [0.15, 0.2) is 36.8 Å². The standard InChI is InChI=1S/C15H17ClF2N4O2S/c1-4-8(2)12(13(23)24-3)19-15-20-14(16)21-25(22-15)11-6-9(17)5-10(18)7-11/h5-8,12H,4H2,1-3H3,(H,19,20,21,22). The number of carbonyl (C=O) groups excluding carboxylic acids is 1. The largest absolute Gasteiger partial charge is 0.467 e. The summed E-state index contributed by atoms with van der Waals surface area (Å²) in [5.74, 6) is -2.03. The van der Waals surface area contributed by atoms with Crippen LogP contribution in [0.4, 0.5) is 8.78 Å². The number of amidine groups is 1. The molecule has 3 atom stereocenters. The van der Waals surface area contributed by atoms with Gasteiger partial charge in [-0.15, -0.1) is 0 Å². The van der Waals surface area contributed by atoms with Gasteiger partial charge in [0.25, 0.3) is 0 Å². The number of rotatable bonds is 5. The first-order valence-electron chi connectivity index (χ1n) is 7.43. The van der Waals surface area contributed by atoms with Crippen molar-refractivity contribution in [3.05, 3.63) is 29.8 Å². The van der Waals surface area contributed by atoms with E-state index in [2.05, 4.69) is 19.1 Å². The molecule has 0 amide bonds. The first kappa shape index (κ1) is 19.5. The molecule has 0 fully saturated rings. The second-order valence-electron chi connectivity index (χ2n) is 5.27. The van der Waals surface area contributed by atoms with Crippen molar-refractivity contribution in [1.29, 1.82) is 0 Å². The molecule has 0 radical (unpaired) electrons. The van der Waals surface area contributed by atoms with Gasteiger partial charge in [-0.25, -0.2) is 18.6 Å². The number of benzene rings is 1. The predicted molar refractivity (Wildman–Crippen MR) is 93.5 cm³/mol. The van der Waals surface area contributed by atoms with Crippen molar-refractivity contribution in [3.8, 4) is 0 Å². The van der Waals surface area contributed by atoms with Crippen LogP contribution in [0.3, 0.4) is 0 Å². The molecule has 0 saturated heterocycles. The molecule has 1 aliphatic rings. The molecule has 136 valence electrons. The summed E-state index contributed by atoms with van der Waals surface area (Å²) >= 11 is 5.95. The number of ether oxygens (including phenoxy) is 1. The van der Waals surface area contributed by atoms with Crippen molar-refractivity contribution in [2.24, 2.45) is 19.7 Å². The fourth-order valence-electron chi connectivity index (χ4n) is 2.00. The molecule has 1 aromatic rings. The molecule has 1 heterocycles. The predicted octanol–water partition coefficient (Wildman–Crippen LogP) is 3.18. The van der Waals surface area contributed by atoms with Crippen LogP contribution >= 0.6 is 11.6 Å². The number of hydrogen-bond acceptors (Lipinski definition) is 4. The fraction of sp³-hybridized carbons (Fsp3) is 0.400. The van der Waals surface area contributed by atoms with Gasteiger partial charge in [-0.05, 0) is 29.7 Å². The van der Waals surface area contributed by atoms with Crippen molar-refractivity contribution < 1.29 is 18.3 Å². The van der Waals surface area contributed by atoms with E-state index in [9.17, 15) is 13.6 Å². The Morgan fingerprint density at radius 3 is 2.60 bits per heavy atom. The normalized spacial score (nSPS) is 21.0. The van der Waals surface area contributed by atoms with Crippen molar-refractivity contribution in [3.63, 3.8) is 0 Å². The van der Waals surface area contributed by atoms with Gasteiger partial charge < -0.3 is 4.74 Å². The molecule has 1 aliphatic heterocycles. The Hall–Kier alpha value is -1.87. The number of halogens is 3. The van der Waals surface area contributed by atoms with E-state index in [0.717, 1.165) is 18.2 Å². The molecular weight excluding hydrogens is 374 g/mol. The average Bonchev–Trinajstić information content (AvgIpc) is 2.57. The molecule has 2 rings (SSSR count). The van der Waals surface area contributed by atoms with Crippen molar-refractivity contribution >= 4 is 39.7 Å². The third-order valence-corrected chi connectivity index (χ3v) is 5.13. The van der Waals surface area contributed by atoms with Crippen molar-refractivity contribution in [2.45, 2.75) is 31.2 Å². The quantitative estimate of drug-likeness (QED) is 0.619. The Morgan fingerprint density at radius 2 is 2.04 bits per heavy atom. The molecule has 0 aromatic heterocycles. The summed E-state index contributed by atoms with van der Waals surface area (Å²) in [6.07, 6.45) is 0.694. The van der Waals surface area contributed by atoms with Crippen LogP contribution in [-0.4, -0.2) is 30.4 Å². The zero-order chi connectivity index (χ0) is 18.6. The first-order chi connectivity index (χ1) is 11.8. The van der Waals surface area contributed by atoms with Crippen LogP contribution in [0.5, 0.6) is 0 Å². The smallest absolute Gasteiger partial charge is 0.331 e. The molecule has 0 aliphatic carbocycles. The van der Waals surface area contributed by atoms with Crippen molar-refractivity contribution in [2.75, 3.05) is 7.11 Å². The topological polar surface area (TPSA) is 75.4 Å². The Morgan fingerprint density at radius 1 is 1.40 bits per heavy atom. The minimum atomic E-state index is -1.28. The van der Waals surface area contributed by atoms with Crippen LogP contribution in [0.2, 0.25) is 0 Å². The molecule has 10 heteroatoms. The van der Waals surface area contributed by atoms with Crippen LogP contribution in [0.25, 0.3) is 0 Å². The van der Waals surface area contributed by atoms with Gasteiger partial charge in [-0.2, -0.15) is 8.76 Å². The van der Waals surface area contributed by atoms with Gasteiger partial charge in [0, 0.05) is 11.0 Å². The van der Waals surface area contributed by atoms with Crippen LogP contribution in [0, 0.1) is 17.6 Å². The van der Waals surface area contributed by atoms with Gasteiger partial charge in [0.1, 0.15) is 11.6 Å². The van der Waals surface area contributed by atoms with Gasteiger partial charge in [0.15, 0.2) is 6.04 Å². The highest BCUT2D eigenvalue weighted by atomic mass is 35.5. The van der Waals surface area contributed by atoms with E-state index in [-0.39, 0.29) is 22.1 Å². The third-order valence-electron chi connectivity index (χ3n) is 3.49. The second-order valence-corrected chi connectivity index (χ2v) is 7.00. The Kier molecular flexibility index (Phi) is 6.60. The maximum absolute atomic E-state index is 13.4. The number of esters is 1. The third kappa shape index (κ3) is 5.05. The highest BCUT2D eigenvalue weighted by Crippen LogP contribution is 2.19. The lowest BCUT2D eigenvalue weighted by atomic mass is 10.00. The summed E-state index contributed by atoms with van der Waals surface area (Å²) in [7, 11) is -0.00427. The molecule has 1 N–H and O–H groups in total. The molecule has 25 heavy (non-hydrogen) atoms. The van der Waals surface area contributed by atoms with Gasteiger partial charge >= 0.3 is 5.97 Å². The monoisotopic (exact) mass is 390 g/mol. The molecule has 0 bridgehead atoms. The van der Waals surface area contributed by atoms with E-state index in [4.69, 9.17) is 16.3 Å². The van der Waals surface area contributed by atoms with E-state index in [1.165, 1.54) is 7.11 Å². The SMILES string of the molecule is CCC(C)C(N=C1N=S(c2cc(F)cc(F)c2)N=C(Cl)N1)C(=O)OC. The number of guanidine groups is 1. The van der Waals surface area contributed by atoms with Gasteiger partial charge in [-0.1, -0.05) is 20.3 Å². The van der Waals surface area contributed by atoms with E-state index in [1.54, 1.807) is 0 Å². The Balaban J connectivity index is 2.43. The maximum atomic E-state index is 13.4. The summed E-state index contributed by atoms with van der Waals surface area (Å²) in [5, 5.41) is 2.61. The highest BCUT2D eigenvalue weighted by molar-refractivity contribution is 7.86. The number of carbonyl (C=O) groups is 1. The number of nitrogens with one attached hydrogen (secondary N) is 1. The molecule has 0 saturated carbocycles. The summed E-state index contributed by atoms with van der Waals surface area (Å²) in [6.45, 7) is 3.77. The summed E-state index contributed by atoms with van der Waals surface area (Å²) < 4.78 is 39.9. The van der Waals surface area contributed by atoms with E-state index >= 15 is 0 Å². The minimum Gasteiger partial charge on any atom is -0.467 e. The average molecular weight is 391 g/mol. The van der Waals surface area contributed by atoms with Crippen LogP contribution in [0.1, 0.15) is 20.3 Å². The highest BCUT2D eigenvalue weighted by Gasteiger charge is 2.26. The van der Waals surface area contributed by atoms with Crippen LogP contribution in [-0.2, 0) is 20.4 Å². The molecule has 3 unspecified atom stereocenters. The number of nitrogens with zero attached hydrogens (tertiary/aromatic N) is 3. The molecule has 1 aromatic carbocycles. The summed E-state index contributed by atoms with van der Waals surface area (Å²) in [5.41, 5.74) is 0. The van der Waals surface area contributed by atoms with Gasteiger partial charge in [-0.3, -0.25) is 5.32 Å². The lowest BCUT2D eigenvalue weighted by molar-refractivity contribution is -0.143. The van der Waals surface area contributed by atoms with Gasteiger partial charge in [0.2, 0.25) is 11.3 Å². The summed E-state index contributed by atoms with van der Waals surface area (Å²) in [4.78, 5) is 16.4. The zero-order valence-corrected chi connectivity index (χ0v) is 15.4. The maximum Gasteiger partial charge on any atom is 0.331 e. The lowest BCUT2D eigenvalue weighted by Crippen LogP contribution is -2.34. The minimum absolute atomic E-state index is 0.0329. The molecular formula is C15H17ClF2N4O2S. The first-order valence-corrected chi connectivity index (χ1v) is 8.95. The fourth-order valence-corrected chi connectivity index (χ4v) is 3.42. The number of aliphatic imine (C=N–C) groups is 1. The summed E-state index contributed by atoms with van der Waals surface area (Å²) in [6, 6.07) is 2.22. The Bertz CT molecular complexity index is 750. The van der Waals surface area contributed by atoms with E-state index in [1.807, 2.05) is 13.8 Å². The second kappa shape index (κ2) is 8.48. The van der Waals surface area contributed by atoms with E-state index < -0.39 is 34.5 Å². The number of methoxy groups -OCH3 is 1. The van der Waals surface area contributed by atoms with E-state index in [0.29, 0.717) is 6.42 Å². The Labute approximate surface area is 151 Å². The molecule has 0 spiro atoms. The van der Waals surface area contributed by atoms with Gasteiger partial charge in [0.05, 0.1) is 18.0 Å². The van der Waals surface area contributed by atoms with Crippen molar-refractivity contribution in [1.82, 2.24) is 5.32 Å². The van der Waals surface area contributed by atoms with Crippen LogP contribution < -0.4 is 5.32 Å².